The van der Waals surface area contributed by atoms with Crippen LogP contribution in [0.2, 0.25) is 0 Å². The van der Waals surface area contributed by atoms with Crippen molar-refractivity contribution in [3.8, 4) is 17.2 Å². The lowest BCUT2D eigenvalue weighted by Gasteiger charge is -2.39. The van der Waals surface area contributed by atoms with Gasteiger partial charge < -0.3 is 19.5 Å². The van der Waals surface area contributed by atoms with Crippen LogP contribution < -0.4 is 19.5 Å². The summed E-state index contributed by atoms with van der Waals surface area (Å²) in [5, 5.41) is 7.99. The minimum atomic E-state index is -0.503. The number of benzene rings is 3. The van der Waals surface area contributed by atoms with Gasteiger partial charge in [0.2, 0.25) is 5.95 Å². The van der Waals surface area contributed by atoms with Gasteiger partial charge in [-0.3, -0.25) is 0 Å². The van der Waals surface area contributed by atoms with Gasteiger partial charge in [0, 0.05) is 16.7 Å². The number of aromatic nitrogens is 3. The number of para-hydroxylation sites is 1. The maximum Gasteiger partial charge on any atom is 0.226 e. The molecule has 0 bridgehead atoms. The Labute approximate surface area is 195 Å². The average molecular weight is 456 g/mol. The van der Waals surface area contributed by atoms with E-state index in [9.17, 15) is 4.39 Å². The normalized spacial score (nSPS) is 18.2. The fraction of sp³-hybridized carbons (Fsp3) is 0.154. The van der Waals surface area contributed by atoms with Crippen LogP contribution in [0, 0.1) is 5.82 Å². The lowest BCUT2D eigenvalue weighted by atomic mass is 9.84. The Morgan fingerprint density at radius 2 is 1.82 bits per heavy atom. The number of anilines is 1. The lowest BCUT2D eigenvalue weighted by Crippen LogP contribution is -2.32. The Kier molecular flexibility index (Phi) is 4.72. The first-order chi connectivity index (χ1) is 16.7. The van der Waals surface area contributed by atoms with E-state index in [4.69, 9.17) is 14.2 Å². The predicted molar refractivity (Wildman–Crippen MR) is 124 cm³/mol. The molecule has 2 aliphatic rings. The Balaban J connectivity index is 1.65. The van der Waals surface area contributed by atoms with E-state index in [1.165, 1.54) is 18.5 Å². The summed E-state index contributed by atoms with van der Waals surface area (Å²) in [7, 11) is 3.26. The number of hydrogen-bond acceptors (Lipinski definition) is 6. The van der Waals surface area contributed by atoms with E-state index in [-0.39, 0.29) is 5.82 Å². The number of ether oxygens (including phenoxy) is 3. The number of hydrogen-bond donors (Lipinski definition) is 1. The van der Waals surface area contributed by atoms with Crippen LogP contribution in [0.25, 0.3) is 5.70 Å². The van der Waals surface area contributed by atoms with Gasteiger partial charge in [0.1, 0.15) is 41.5 Å². The molecule has 34 heavy (non-hydrogen) atoms. The van der Waals surface area contributed by atoms with Crippen LogP contribution in [0.15, 0.2) is 78.6 Å². The van der Waals surface area contributed by atoms with Crippen LogP contribution in [0.4, 0.5) is 10.3 Å². The van der Waals surface area contributed by atoms with Gasteiger partial charge in [-0.15, -0.1) is 0 Å². The zero-order valence-corrected chi connectivity index (χ0v) is 18.5. The highest BCUT2D eigenvalue weighted by molar-refractivity contribution is 5.85. The smallest absolute Gasteiger partial charge is 0.226 e. The Morgan fingerprint density at radius 1 is 1.00 bits per heavy atom. The van der Waals surface area contributed by atoms with E-state index < -0.39 is 12.1 Å². The molecule has 6 rings (SSSR count). The molecule has 0 fully saturated rings. The molecule has 1 N–H and O–H groups in total. The molecule has 8 heteroatoms. The standard InChI is InChI=1S/C26H21FN4O3/c1-32-17-11-12-20(33-2)19(13-17)24-22-23(30-26-28-14-29-31(24)26)18-5-3-4-6-21(18)34-25(22)15-7-9-16(27)10-8-15/h3-14,24-25H,1-2H3,(H,28,29,30)/t24-,25+/m1/s1. The van der Waals surface area contributed by atoms with Crippen molar-refractivity contribution in [2.24, 2.45) is 0 Å². The van der Waals surface area contributed by atoms with Crippen molar-refractivity contribution in [3.63, 3.8) is 0 Å². The second kappa shape index (κ2) is 7.91. The summed E-state index contributed by atoms with van der Waals surface area (Å²) in [4.78, 5) is 4.45. The zero-order chi connectivity index (χ0) is 23.2. The van der Waals surface area contributed by atoms with Gasteiger partial charge in [-0.2, -0.15) is 10.1 Å². The number of nitrogens with one attached hydrogen (secondary N) is 1. The molecule has 0 unspecified atom stereocenters. The fourth-order valence-electron chi connectivity index (χ4n) is 4.68. The van der Waals surface area contributed by atoms with Crippen molar-refractivity contribution in [1.29, 1.82) is 0 Å². The summed E-state index contributed by atoms with van der Waals surface area (Å²) < 4.78 is 33.4. The number of rotatable bonds is 4. The molecule has 0 amide bonds. The van der Waals surface area contributed by atoms with Crippen LogP contribution in [0.5, 0.6) is 17.2 Å². The van der Waals surface area contributed by atoms with Crippen molar-refractivity contribution in [1.82, 2.24) is 14.8 Å². The third-order valence-corrected chi connectivity index (χ3v) is 6.23. The topological polar surface area (TPSA) is 70.4 Å². The van der Waals surface area contributed by atoms with Gasteiger partial charge in [-0.05, 0) is 48.0 Å². The Bertz CT molecular complexity index is 1410. The van der Waals surface area contributed by atoms with Crippen molar-refractivity contribution in [2.75, 3.05) is 19.5 Å². The molecule has 1 aromatic heterocycles. The molecular weight excluding hydrogens is 435 g/mol. The monoisotopic (exact) mass is 456 g/mol. The minimum Gasteiger partial charge on any atom is -0.497 e. The zero-order valence-electron chi connectivity index (χ0n) is 18.5. The van der Waals surface area contributed by atoms with Crippen LogP contribution in [0.3, 0.4) is 0 Å². The summed E-state index contributed by atoms with van der Waals surface area (Å²) >= 11 is 0. The number of methoxy groups -OCH3 is 2. The van der Waals surface area contributed by atoms with Crippen molar-refractivity contribution >= 4 is 11.6 Å². The largest absolute Gasteiger partial charge is 0.497 e. The molecule has 7 nitrogen and oxygen atoms in total. The van der Waals surface area contributed by atoms with Crippen LogP contribution in [-0.2, 0) is 0 Å². The van der Waals surface area contributed by atoms with Gasteiger partial charge in [-0.1, -0.05) is 24.3 Å². The van der Waals surface area contributed by atoms with Crippen molar-refractivity contribution in [3.05, 3.63) is 101 Å². The van der Waals surface area contributed by atoms with Gasteiger partial charge in [-0.25, -0.2) is 9.07 Å². The second-order valence-corrected chi connectivity index (χ2v) is 8.04. The number of nitrogens with zero attached hydrogens (tertiary/aromatic N) is 3. The highest BCUT2D eigenvalue weighted by atomic mass is 19.1. The van der Waals surface area contributed by atoms with Crippen molar-refractivity contribution in [2.45, 2.75) is 12.1 Å². The van der Waals surface area contributed by atoms with E-state index in [0.717, 1.165) is 33.7 Å². The maximum absolute atomic E-state index is 13.8. The predicted octanol–water partition coefficient (Wildman–Crippen LogP) is 4.99. The van der Waals surface area contributed by atoms with Crippen LogP contribution in [0.1, 0.15) is 28.8 Å². The molecule has 3 heterocycles. The van der Waals surface area contributed by atoms with Crippen LogP contribution >= 0.6 is 0 Å². The van der Waals surface area contributed by atoms with E-state index >= 15 is 0 Å². The van der Waals surface area contributed by atoms with E-state index in [1.807, 2.05) is 47.1 Å². The Hall–Kier alpha value is -4.33. The molecule has 0 aliphatic carbocycles. The van der Waals surface area contributed by atoms with E-state index in [0.29, 0.717) is 17.4 Å². The quantitative estimate of drug-likeness (QED) is 0.466. The maximum atomic E-state index is 13.8. The Morgan fingerprint density at radius 3 is 2.62 bits per heavy atom. The van der Waals surface area contributed by atoms with Gasteiger partial charge in [0.05, 0.1) is 19.9 Å². The van der Waals surface area contributed by atoms with Gasteiger partial charge in [0.15, 0.2) is 0 Å². The molecular formula is C26H21FN4O3. The van der Waals surface area contributed by atoms with E-state index in [1.54, 1.807) is 26.4 Å². The molecule has 0 saturated carbocycles. The summed E-state index contributed by atoms with van der Waals surface area (Å²) in [5.74, 6) is 2.39. The summed E-state index contributed by atoms with van der Waals surface area (Å²) in [5.41, 5.74) is 4.37. The van der Waals surface area contributed by atoms with Gasteiger partial charge >= 0.3 is 0 Å². The van der Waals surface area contributed by atoms with Crippen LogP contribution in [-0.4, -0.2) is 29.0 Å². The number of fused-ring (bicyclic) bond motifs is 3. The first-order valence-corrected chi connectivity index (χ1v) is 10.8. The highest BCUT2D eigenvalue weighted by Crippen LogP contribution is 2.52. The first kappa shape index (κ1) is 20.3. The second-order valence-electron chi connectivity index (χ2n) is 8.04. The average Bonchev–Trinajstić information content (AvgIpc) is 3.35. The molecule has 0 saturated heterocycles. The SMILES string of the molecule is COc1ccc(OC)c([C@@H]2C3=C(Nc4ncnn42)c2ccccc2O[C@H]3c2ccc(F)cc2)c1. The molecule has 0 spiro atoms. The highest BCUT2D eigenvalue weighted by Gasteiger charge is 2.42. The molecule has 170 valence electrons. The number of halogens is 1. The summed E-state index contributed by atoms with van der Waals surface area (Å²) in [6, 6.07) is 19.5. The third kappa shape index (κ3) is 3.10. The first-order valence-electron chi connectivity index (χ1n) is 10.8. The molecule has 2 aliphatic heterocycles. The molecule has 4 aromatic rings. The van der Waals surface area contributed by atoms with Gasteiger partial charge in [0.25, 0.3) is 0 Å². The third-order valence-electron chi connectivity index (χ3n) is 6.23. The summed E-state index contributed by atoms with van der Waals surface area (Å²) in [6.07, 6.45) is 1.01. The fourth-order valence-corrected chi connectivity index (χ4v) is 4.68. The summed E-state index contributed by atoms with van der Waals surface area (Å²) in [6.45, 7) is 0. The molecule has 0 radical (unpaired) electrons. The molecule has 3 aromatic carbocycles. The minimum absolute atomic E-state index is 0.305. The van der Waals surface area contributed by atoms with Crippen molar-refractivity contribution < 1.29 is 18.6 Å². The lowest BCUT2D eigenvalue weighted by molar-refractivity contribution is 0.222. The van der Waals surface area contributed by atoms with E-state index in [2.05, 4.69) is 15.4 Å². The molecule has 2 atom stereocenters.